The third-order valence-electron chi connectivity index (χ3n) is 1.88. The van der Waals surface area contributed by atoms with Gasteiger partial charge in [-0.2, -0.15) is 0 Å². The lowest BCUT2D eigenvalue weighted by atomic mass is 10.0. The first-order valence-electron chi connectivity index (χ1n) is 4.79. The highest BCUT2D eigenvalue weighted by Crippen LogP contribution is 2.14. The minimum atomic E-state index is -0.439. The summed E-state index contributed by atoms with van der Waals surface area (Å²) < 4.78 is 5.17. The number of hydrogen-bond donors (Lipinski definition) is 1. The molecule has 0 saturated carbocycles. The zero-order valence-electron chi connectivity index (χ0n) is 9.61. The number of carbonyl (C=O) groups excluding carboxylic acids is 1. The van der Waals surface area contributed by atoms with Crippen LogP contribution in [0.25, 0.3) is 0 Å². The number of rotatable bonds is 3. The number of alkyl carbamates (subject to hydrolysis) is 1. The number of alkyl halides is 1. The van der Waals surface area contributed by atoms with Crippen molar-refractivity contribution in [3.05, 3.63) is 0 Å². The van der Waals surface area contributed by atoms with E-state index in [2.05, 4.69) is 21.2 Å². The number of ether oxygens (including phenoxy) is 1. The number of halogens is 1. The fourth-order valence-corrected chi connectivity index (χ4v) is 1.30. The summed E-state index contributed by atoms with van der Waals surface area (Å²) in [5, 5.41) is 3.56. The standard InChI is InChI=1S/C10H20BrNO2/c1-6-10(5,7-11)12-8(13)14-9(2,3)4/h6-7H2,1-5H3,(H,12,13). The topological polar surface area (TPSA) is 38.3 Å². The van der Waals surface area contributed by atoms with Gasteiger partial charge in [-0.15, -0.1) is 0 Å². The monoisotopic (exact) mass is 265 g/mol. The Hall–Kier alpha value is -0.250. The molecular formula is C10H20BrNO2. The molecule has 1 atom stereocenters. The van der Waals surface area contributed by atoms with E-state index in [9.17, 15) is 4.79 Å². The molecule has 0 spiro atoms. The molecule has 1 unspecified atom stereocenters. The molecule has 0 aromatic carbocycles. The van der Waals surface area contributed by atoms with E-state index < -0.39 is 5.60 Å². The number of amides is 1. The second-order valence-electron chi connectivity index (χ2n) is 4.67. The van der Waals surface area contributed by atoms with Crippen LogP contribution in [-0.2, 0) is 4.74 Å². The van der Waals surface area contributed by atoms with E-state index in [4.69, 9.17) is 4.74 Å². The van der Waals surface area contributed by atoms with Crippen LogP contribution < -0.4 is 5.32 Å². The number of carbonyl (C=O) groups is 1. The molecule has 1 amide bonds. The maximum atomic E-state index is 11.4. The van der Waals surface area contributed by atoms with Gasteiger partial charge >= 0.3 is 6.09 Å². The molecule has 0 aliphatic carbocycles. The molecule has 0 radical (unpaired) electrons. The Bertz CT molecular complexity index is 195. The second-order valence-corrected chi connectivity index (χ2v) is 5.24. The quantitative estimate of drug-likeness (QED) is 0.797. The zero-order chi connectivity index (χ0) is 11.4. The smallest absolute Gasteiger partial charge is 0.408 e. The van der Waals surface area contributed by atoms with E-state index in [0.717, 1.165) is 11.8 Å². The van der Waals surface area contributed by atoms with Crippen molar-refractivity contribution in [1.82, 2.24) is 5.32 Å². The zero-order valence-corrected chi connectivity index (χ0v) is 11.2. The Balaban J connectivity index is 4.18. The van der Waals surface area contributed by atoms with Gasteiger partial charge in [0.15, 0.2) is 0 Å². The fraction of sp³-hybridized carbons (Fsp3) is 0.900. The summed E-state index contributed by atoms with van der Waals surface area (Å²) in [6.45, 7) is 9.56. The lowest BCUT2D eigenvalue weighted by molar-refractivity contribution is 0.0473. The van der Waals surface area contributed by atoms with E-state index in [1.54, 1.807) is 0 Å². The van der Waals surface area contributed by atoms with E-state index in [0.29, 0.717) is 0 Å². The molecule has 0 bridgehead atoms. The maximum Gasteiger partial charge on any atom is 0.408 e. The van der Waals surface area contributed by atoms with Crippen LogP contribution in [0.2, 0.25) is 0 Å². The molecule has 0 saturated heterocycles. The predicted octanol–water partition coefficient (Wildman–Crippen LogP) is 3.07. The summed E-state index contributed by atoms with van der Waals surface area (Å²) in [5.74, 6) is 0. The van der Waals surface area contributed by atoms with Crippen LogP contribution in [0.1, 0.15) is 41.0 Å². The average molecular weight is 266 g/mol. The minimum absolute atomic E-state index is 0.234. The highest BCUT2D eigenvalue weighted by atomic mass is 79.9. The van der Waals surface area contributed by atoms with Crippen molar-refractivity contribution in [3.8, 4) is 0 Å². The predicted molar refractivity (Wildman–Crippen MR) is 61.9 cm³/mol. The normalized spacial score (nSPS) is 15.9. The van der Waals surface area contributed by atoms with Gasteiger partial charge in [0.25, 0.3) is 0 Å². The highest BCUT2D eigenvalue weighted by Gasteiger charge is 2.25. The van der Waals surface area contributed by atoms with Crippen molar-refractivity contribution in [2.75, 3.05) is 5.33 Å². The molecule has 3 nitrogen and oxygen atoms in total. The Morgan fingerprint density at radius 1 is 1.36 bits per heavy atom. The van der Waals surface area contributed by atoms with E-state index in [-0.39, 0.29) is 11.6 Å². The van der Waals surface area contributed by atoms with E-state index in [1.807, 2.05) is 34.6 Å². The molecule has 0 aromatic rings. The van der Waals surface area contributed by atoms with Crippen LogP contribution >= 0.6 is 15.9 Å². The lowest BCUT2D eigenvalue weighted by Gasteiger charge is -2.29. The molecule has 4 heteroatoms. The van der Waals surface area contributed by atoms with Crippen molar-refractivity contribution >= 4 is 22.0 Å². The van der Waals surface area contributed by atoms with Crippen LogP contribution in [-0.4, -0.2) is 22.6 Å². The summed E-state index contributed by atoms with van der Waals surface area (Å²) in [6, 6.07) is 0. The van der Waals surface area contributed by atoms with Gasteiger partial charge < -0.3 is 10.1 Å². The van der Waals surface area contributed by atoms with Gasteiger partial charge in [-0.05, 0) is 34.1 Å². The third kappa shape index (κ3) is 5.47. The van der Waals surface area contributed by atoms with Crippen molar-refractivity contribution in [1.29, 1.82) is 0 Å². The molecule has 0 fully saturated rings. The van der Waals surface area contributed by atoms with Gasteiger partial charge in [-0.3, -0.25) is 0 Å². The Morgan fingerprint density at radius 3 is 2.14 bits per heavy atom. The molecule has 0 aliphatic rings. The fourth-order valence-electron chi connectivity index (χ4n) is 0.766. The first-order chi connectivity index (χ1) is 6.22. The number of hydrogen-bond acceptors (Lipinski definition) is 2. The average Bonchev–Trinajstić information content (AvgIpc) is 2.00. The lowest BCUT2D eigenvalue weighted by Crippen LogP contribution is -2.48. The molecular weight excluding hydrogens is 246 g/mol. The molecule has 14 heavy (non-hydrogen) atoms. The molecule has 0 aromatic heterocycles. The third-order valence-corrected chi connectivity index (χ3v) is 3.12. The molecule has 0 rings (SSSR count). The van der Waals surface area contributed by atoms with Crippen molar-refractivity contribution < 1.29 is 9.53 Å². The first-order valence-corrected chi connectivity index (χ1v) is 5.92. The minimum Gasteiger partial charge on any atom is -0.444 e. The van der Waals surface area contributed by atoms with Crippen molar-refractivity contribution in [2.45, 2.75) is 52.2 Å². The van der Waals surface area contributed by atoms with Crippen molar-refractivity contribution in [3.63, 3.8) is 0 Å². The van der Waals surface area contributed by atoms with Crippen LogP contribution in [0.5, 0.6) is 0 Å². The van der Waals surface area contributed by atoms with E-state index >= 15 is 0 Å². The summed E-state index contributed by atoms with van der Waals surface area (Å²) in [5.41, 5.74) is -0.673. The van der Waals surface area contributed by atoms with Gasteiger partial charge in [0, 0.05) is 10.9 Å². The van der Waals surface area contributed by atoms with E-state index in [1.165, 1.54) is 0 Å². The molecule has 0 heterocycles. The summed E-state index contributed by atoms with van der Waals surface area (Å²) >= 11 is 3.37. The van der Waals surface area contributed by atoms with Gasteiger partial charge in [-0.25, -0.2) is 4.79 Å². The molecule has 0 aliphatic heterocycles. The van der Waals surface area contributed by atoms with Crippen LogP contribution in [0.4, 0.5) is 4.79 Å². The van der Waals surface area contributed by atoms with Gasteiger partial charge in [0.05, 0.1) is 0 Å². The van der Waals surface area contributed by atoms with Crippen molar-refractivity contribution in [2.24, 2.45) is 0 Å². The van der Waals surface area contributed by atoms with Crippen LogP contribution in [0.3, 0.4) is 0 Å². The largest absolute Gasteiger partial charge is 0.444 e. The number of nitrogens with one attached hydrogen (secondary N) is 1. The van der Waals surface area contributed by atoms with Crippen LogP contribution in [0, 0.1) is 0 Å². The summed E-state index contributed by atoms with van der Waals surface area (Å²) in [4.78, 5) is 11.4. The summed E-state index contributed by atoms with van der Waals surface area (Å²) in [6.07, 6.45) is 0.499. The molecule has 84 valence electrons. The Labute approximate surface area is 94.7 Å². The SMILES string of the molecule is CCC(C)(CBr)NC(=O)OC(C)(C)C. The van der Waals surface area contributed by atoms with Gasteiger partial charge in [0.1, 0.15) is 5.60 Å². The summed E-state index contributed by atoms with van der Waals surface area (Å²) in [7, 11) is 0. The highest BCUT2D eigenvalue weighted by molar-refractivity contribution is 9.09. The maximum absolute atomic E-state index is 11.4. The van der Waals surface area contributed by atoms with Crippen LogP contribution in [0.15, 0.2) is 0 Å². The first kappa shape index (κ1) is 13.8. The van der Waals surface area contributed by atoms with Gasteiger partial charge in [-0.1, -0.05) is 22.9 Å². The van der Waals surface area contributed by atoms with Gasteiger partial charge in [0.2, 0.25) is 0 Å². The Kier molecular flexibility index (Phi) is 4.92. The Morgan fingerprint density at radius 2 is 1.86 bits per heavy atom. The second kappa shape index (κ2) is 5.01. The molecule has 1 N–H and O–H groups in total.